The molecule has 3 heterocycles. The molecule has 0 bridgehead atoms. The Kier molecular flexibility index (Phi) is 8.47. The van der Waals surface area contributed by atoms with Crippen molar-refractivity contribution in [1.82, 2.24) is 19.3 Å². The van der Waals surface area contributed by atoms with Gasteiger partial charge >= 0.3 is 20.4 Å². The molecule has 0 spiro atoms. The number of nitrogens with zero attached hydrogens (tertiary/aromatic N) is 4. The predicted molar refractivity (Wildman–Crippen MR) is 178 cm³/mol. The molecule has 6 heteroatoms. The number of aryl methyl sites for hydroxylation is 4. The van der Waals surface area contributed by atoms with Crippen molar-refractivity contribution in [3.63, 3.8) is 0 Å². The van der Waals surface area contributed by atoms with E-state index in [0.29, 0.717) is 11.5 Å². The van der Waals surface area contributed by atoms with Gasteiger partial charge in [0.15, 0.2) is 0 Å². The van der Waals surface area contributed by atoms with Crippen LogP contribution in [0.25, 0.3) is 44.4 Å². The smallest absolute Gasteiger partial charge is 0.509 e. The van der Waals surface area contributed by atoms with E-state index in [4.69, 9.17) is 14.8 Å². The van der Waals surface area contributed by atoms with Gasteiger partial charge in [0.25, 0.3) is 0 Å². The number of para-hydroxylation sites is 1. The Labute approximate surface area is 278 Å². The molecule has 45 heavy (non-hydrogen) atoms. The number of pyridine rings is 1. The maximum Gasteiger partial charge on any atom is 2.00 e. The van der Waals surface area contributed by atoms with Crippen molar-refractivity contribution < 1.29 is 25.2 Å². The Hall–Kier alpha value is -4.50. The molecule has 5 nitrogen and oxygen atoms in total. The quantitative estimate of drug-likeness (QED) is 0.124. The van der Waals surface area contributed by atoms with Crippen molar-refractivity contribution in [2.45, 2.75) is 47.5 Å². The fourth-order valence-electron chi connectivity index (χ4n) is 6.33. The topological polar surface area (TPSA) is 44.9 Å². The molecule has 0 aliphatic heterocycles. The van der Waals surface area contributed by atoms with Crippen LogP contribution in [-0.2, 0) is 33.3 Å². The molecule has 0 saturated carbocycles. The molecule has 0 saturated heterocycles. The summed E-state index contributed by atoms with van der Waals surface area (Å²) in [4.78, 5) is 4.69. The number of rotatable bonds is 7. The molecular weight excluding hydrogens is 647 g/mol. The summed E-state index contributed by atoms with van der Waals surface area (Å²) in [6.07, 6.45) is 3.54. The summed E-state index contributed by atoms with van der Waals surface area (Å²) in [6, 6.07) is 36.1. The van der Waals surface area contributed by atoms with Gasteiger partial charge in [0.05, 0.1) is 5.69 Å². The summed E-state index contributed by atoms with van der Waals surface area (Å²) in [6.45, 7) is 10.8. The van der Waals surface area contributed by atoms with E-state index in [1.165, 1.54) is 27.9 Å². The van der Waals surface area contributed by atoms with Crippen LogP contribution < -0.4 is 4.74 Å². The Balaban J connectivity index is 0.00000357. The minimum Gasteiger partial charge on any atom is -0.509 e. The van der Waals surface area contributed by atoms with Gasteiger partial charge in [0.2, 0.25) is 0 Å². The zero-order valence-corrected chi connectivity index (χ0v) is 27.6. The first-order valence-electron chi connectivity index (χ1n) is 15.2. The molecule has 7 aromatic rings. The number of hydrogen-bond acceptors (Lipinski definition) is 3. The first-order valence-corrected chi connectivity index (χ1v) is 15.2. The van der Waals surface area contributed by atoms with Gasteiger partial charge in [0.1, 0.15) is 5.82 Å². The van der Waals surface area contributed by atoms with Crippen LogP contribution in [-0.4, -0.2) is 19.3 Å². The Bertz CT molecular complexity index is 2150. The number of aromatic nitrogens is 4. The molecular formula is C39H34N4OPd. The number of fused-ring (bicyclic) bond motifs is 3. The fraction of sp³-hybridized carbons (Fsp3) is 0.179. The van der Waals surface area contributed by atoms with Crippen LogP contribution in [0.4, 0.5) is 0 Å². The minimum atomic E-state index is 0. The molecule has 7 rings (SSSR count). The molecule has 0 N–H and O–H groups in total. The third kappa shape index (κ3) is 5.39. The maximum atomic E-state index is 6.43. The van der Waals surface area contributed by atoms with Gasteiger partial charge in [-0.15, -0.1) is 35.7 Å². The zero-order chi connectivity index (χ0) is 30.4. The summed E-state index contributed by atoms with van der Waals surface area (Å²) >= 11 is 0. The SMILES string of the molecule is CCc1nn(-c2[c-]c(Oc3[c-]c4c(cc3)c3ccccc3n4-c3cc(C)ccn3)ccc2)c(CC)c1-c1c(C)cccc1C.[Pd+2]. The van der Waals surface area contributed by atoms with Gasteiger partial charge in [-0.2, -0.15) is 17.2 Å². The van der Waals surface area contributed by atoms with E-state index >= 15 is 0 Å². The van der Waals surface area contributed by atoms with E-state index in [0.717, 1.165) is 57.4 Å². The van der Waals surface area contributed by atoms with Crippen LogP contribution in [0.15, 0.2) is 91.1 Å². The van der Waals surface area contributed by atoms with E-state index in [-0.39, 0.29) is 20.4 Å². The van der Waals surface area contributed by atoms with Gasteiger partial charge in [-0.1, -0.05) is 55.8 Å². The Morgan fingerprint density at radius 3 is 2.24 bits per heavy atom. The van der Waals surface area contributed by atoms with E-state index in [1.807, 2.05) is 41.2 Å². The van der Waals surface area contributed by atoms with Gasteiger partial charge < -0.3 is 9.30 Å². The van der Waals surface area contributed by atoms with Crippen molar-refractivity contribution >= 4 is 21.8 Å². The average Bonchev–Trinajstić information content (AvgIpc) is 3.56. The van der Waals surface area contributed by atoms with Gasteiger partial charge in [-0.05, 0) is 85.1 Å². The van der Waals surface area contributed by atoms with E-state index in [9.17, 15) is 0 Å². The van der Waals surface area contributed by atoms with Gasteiger partial charge in [0, 0.05) is 34.5 Å². The summed E-state index contributed by atoms with van der Waals surface area (Å²) < 4.78 is 10.6. The second-order valence-corrected chi connectivity index (χ2v) is 11.3. The van der Waals surface area contributed by atoms with Crippen LogP contribution in [0.2, 0.25) is 0 Å². The van der Waals surface area contributed by atoms with Gasteiger partial charge in [-0.25, -0.2) is 4.98 Å². The molecule has 0 aliphatic rings. The standard InChI is InChI=1S/C39H34N4O.Pd/c1-6-33-39(38-26(4)12-10-13-27(38)5)34(7-2)43(41-33)28-14-11-15-29(23-28)44-30-18-19-32-31-16-8-9-17-35(31)42(36(32)24-30)37-22-25(3)20-21-40-37;/h8-22H,6-7H2,1-5H3;/q-2;+2. The molecule has 0 aliphatic carbocycles. The van der Waals surface area contributed by atoms with Crippen molar-refractivity contribution in [3.05, 3.63) is 131 Å². The molecule has 226 valence electrons. The summed E-state index contributed by atoms with van der Waals surface area (Å²) in [5.41, 5.74) is 11.3. The van der Waals surface area contributed by atoms with Crippen LogP contribution in [0, 0.1) is 32.9 Å². The molecule has 3 aromatic heterocycles. The summed E-state index contributed by atoms with van der Waals surface area (Å²) in [5.74, 6) is 2.08. The van der Waals surface area contributed by atoms with Crippen molar-refractivity contribution in [1.29, 1.82) is 0 Å². The van der Waals surface area contributed by atoms with Gasteiger partial charge in [-0.3, -0.25) is 4.68 Å². The molecule has 0 radical (unpaired) electrons. The molecule has 4 aromatic carbocycles. The predicted octanol–water partition coefficient (Wildman–Crippen LogP) is 9.47. The molecule has 0 fully saturated rings. The van der Waals surface area contributed by atoms with Crippen molar-refractivity contribution in [2.24, 2.45) is 0 Å². The van der Waals surface area contributed by atoms with Crippen LogP contribution in [0.1, 0.15) is 41.9 Å². The first-order chi connectivity index (χ1) is 21.5. The first kappa shape index (κ1) is 30.5. The second kappa shape index (κ2) is 12.5. The monoisotopic (exact) mass is 680 g/mol. The molecule has 0 amide bonds. The van der Waals surface area contributed by atoms with Crippen molar-refractivity contribution in [2.75, 3.05) is 0 Å². The third-order valence-electron chi connectivity index (χ3n) is 8.34. The average molecular weight is 681 g/mol. The number of hydrogen-bond donors (Lipinski definition) is 0. The van der Waals surface area contributed by atoms with E-state index in [2.05, 4.69) is 106 Å². The van der Waals surface area contributed by atoms with Crippen LogP contribution in [0.3, 0.4) is 0 Å². The largest absolute Gasteiger partial charge is 2.00 e. The van der Waals surface area contributed by atoms with Crippen molar-refractivity contribution in [3.8, 4) is 34.1 Å². The minimum absolute atomic E-state index is 0. The van der Waals surface area contributed by atoms with Crippen LogP contribution >= 0.6 is 0 Å². The molecule has 0 atom stereocenters. The Morgan fingerprint density at radius 1 is 0.733 bits per heavy atom. The Morgan fingerprint density at radius 2 is 1.49 bits per heavy atom. The summed E-state index contributed by atoms with van der Waals surface area (Å²) in [7, 11) is 0. The van der Waals surface area contributed by atoms with Crippen LogP contribution in [0.5, 0.6) is 11.5 Å². The second-order valence-electron chi connectivity index (χ2n) is 11.3. The fourth-order valence-corrected chi connectivity index (χ4v) is 6.33. The number of benzene rings is 4. The van der Waals surface area contributed by atoms with E-state index in [1.54, 1.807) is 0 Å². The summed E-state index contributed by atoms with van der Waals surface area (Å²) in [5, 5.41) is 7.36. The molecule has 0 unspecified atom stereocenters. The normalized spacial score (nSPS) is 11.2. The zero-order valence-electron chi connectivity index (χ0n) is 26.1. The van der Waals surface area contributed by atoms with E-state index < -0.39 is 0 Å². The maximum absolute atomic E-state index is 6.43. The number of ether oxygens (including phenoxy) is 1. The third-order valence-corrected chi connectivity index (χ3v) is 8.34.